The second-order valence-corrected chi connectivity index (χ2v) is 6.64. The third-order valence-corrected chi connectivity index (χ3v) is 4.91. The van der Waals surface area contributed by atoms with Gasteiger partial charge in [0.1, 0.15) is 11.5 Å². The van der Waals surface area contributed by atoms with E-state index in [9.17, 15) is 9.18 Å². The van der Waals surface area contributed by atoms with Crippen molar-refractivity contribution in [2.24, 2.45) is 0 Å². The molecular formula is C18H10ClFN2OS. The van der Waals surface area contributed by atoms with Gasteiger partial charge in [0.25, 0.3) is 0 Å². The second-order valence-electron chi connectivity index (χ2n) is 5.25. The number of carbonyl (C=O) groups is 1. The van der Waals surface area contributed by atoms with Gasteiger partial charge in [-0.25, -0.2) is 9.37 Å². The number of thiophene rings is 1. The molecule has 0 aliphatic heterocycles. The summed E-state index contributed by atoms with van der Waals surface area (Å²) in [5, 5.41) is 2.95. The summed E-state index contributed by atoms with van der Waals surface area (Å²) in [7, 11) is 0. The first-order valence-electron chi connectivity index (χ1n) is 7.14. The van der Waals surface area contributed by atoms with E-state index in [0.29, 0.717) is 21.6 Å². The van der Waals surface area contributed by atoms with Crippen LogP contribution in [0.4, 0.5) is 4.39 Å². The number of hydrogen-bond donors (Lipinski definition) is 1. The number of aromatic nitrogens is 2. The van der Waals surface area contributed by atoms with Crippen LogP contribution in [0, 0.1) is 5.82 Å². The van der Waals surface area contributed by atoms with E-state index in [1.54, 1.807) is 23.7 Å². The molecule has 0 amide bonds. The Morgan fingerprint density at radius 3 is 2.88 bits per heavy atom. The number of aromatic amines is 1. The molecule has 4 rings (SSSR count). The summed E-state index contributed by atoms with van der Waals surface area (Å²) in [6.07, 6.45) is 3.30. The van der Waals surface area contributed by atoms with E-state index >= 15 is 0 Å². The molecule has 1 aromatic carbocycles. The van der Waals surface area contributed by atoms with Gasteiger partial charge in [-0.15, -0.1) is 11.3 Å². The van der Waals surface area contributed by atoms with E-state index in [2.05, 4.69) is 9.97 Å². The number of ketones is 1. The van der Waals surface area contributed by atoms with Gasteiger partial charge in [0, 0.05) is 38.8 Å². The summed E-state index contributed by atoms with van der Waals surface area (Å²) in [6.45, 7) is 0. The molecule has 3 heterocycles. The molecule has 0 radical (unpaired) electrons. The van der Waals surface area contributed by atoms with Crippen LogP contribution in [0.3, 0.4) is 0 Å². The number of H-pyrrole nitrogens is 1. The van der Waals surface area contributed by atoms with Crippen LogP contribution in [0.25, 0.3) is 21.5 Å². The molecule has 0 aliphatic carbocycles. The third kappa shape index (κ3) is 2.52. The van der Waals surface area contributed by atoms with Crippen molar-refractivity contribution in [3.63, 3.8) is 0 Å². The monoisotopic (exact) mass is 356 g/mol. The SMILES string of the molecule is O=C(c1cc(Cl)ccc1F)c1c[nH]c2ncc(-c3cccs3)cc12. The molecular weight excluding hydrogens is 347 g/mol. The minimum atomic E-state index is -0.596. The highest BCUT2D eigenvalue weighted by Crippen LogP contribution is 2.29. The lowest BCUT2D eigenvalue weighted by molar-refractivity contribution is 0.103. The lowest BCUT2D eigenvalue weighted by atomic mass is 10.0. The lowest BCUT2D eigenvalue weighted by Gasteiger charge is -2.03. The first-order chi connectivity index (χ1) is 11.6. The minimum absolute atomic E-state index is 0.0510. The summed E-state index contributed by atoms with van der Waals surface area (Å²) >= 11 is 7.49. The van der Waals surface area contributed by atoms with E-state index in [1.165, 1.54) is 18.2 Å². The van der Waals surface area contributed by atoms with Gasteiger partial charge in [0.15, 0.2) is 5.78 Å². The van der Waals surface area contributed by atoms with Crippen LogP contribution >= 0.6 is 22.9 Å². The van der Waals surface area contributed by atoms with Crippen molar-refractivity contribution in [3.05, 3.63) is 76.1 Å². The molecule has 118 valence electrons. The largest absolute Gasteiger partial charge is 0.345 e. The smallest absolute Gasteiger partial charge is 0.198 e. The Bertz CT molecular complexity index is 1060. The molecule has 0 fully saturated rings. The van der Waals surface area contributed by atoms with Crippen LogP contribution in [-0.4, -0.2) is 15.8 Å². The summed E-state index contributed by atoms with van der Waals surface area (Å²) < 4.78 is 14.0. The third-order valence-electron chi connectivity index (χ3n) is 3.75. The van der Waals surface area contributed by atoms with E-state index in [-0.39, 0.29) is 5.56 Å². The second kappa shape index (κ2) is 5.85. The highest BCUT2D eigenvalue weighted by molar-refractivity contribution is 7.13. The van der Waals surface area contributed by atoms with Gasteiger partial charge in [0.05, 0.1) is 5.56 Å². The van der Waals surface area contributed by atoms with Crippen molar-refractivity contribution >= 4 is 39.8 Å². The van der Waals surface area contributed by atoms with E-state index < -0.39 is 11.6 Å². The molecule has 0 unspecified atom stereocenters. The zero-order valence-electron chi connectivity index (χ0n) is 12.2. The quantitative estimate of drug-likeness (QED) is 0.505. The molecule has 0 atom stereocenters. The maximum atomic E-state index is 14.0. The fourth-order valence-corrected chi connectivity index (χ4v) is 3.47. The Morgan fingerprint density at radius 2 is 2.08 bits per heavy atom. The molecule has 0 saturated carbocycles. The van der Waals surface area contributed by atoms with Crippen molar-refractivity contribution in [2.75, 3.05) is 0 Å². The fourth-order valence-electron chi connectivity index (χ4n) is 2.59. The molecule has 0 spiro atoms. The fraction of sp³-hybridized carbons (Fsp3) is 0. The summed E-state index contributed by atoms with van der Waals surface area (Å²) in [5.41, 5.74) is 1.82. The first-order valence-corrected chi connectivity index (χ1v) is 8.40. The average molecular weight is 357 g/mol. The predicted molar refractivity (Wildman–Crippen MR) is 94.2 cm³/mol. The van der Waals surface area contributed by atoms with E-state index in [0.717, 1.165) is 10.4 Å². The number of nitrogens with one attached hydrogen (secondary N) is 1. The normalized spacial score (nSPS) is 11.1. The molecule has 24 heavy (non-hydrogen) atoms. The Hall–Kier alpha value is -2.50. The van der Waals surface area contributed by atoms with Crippen LogP contribution in [-0.2, 0) is 0 Å². The molecule has 1 N–H and O–H groups in total. The van der Waals surface area contributed by atoms with Gasteiger partial charge >= 0.3 is 0 Å². The lowest BCUT2D eigenvalue weighted by Crippen LogP contribution is -2.03. The first kappa shape index (κ1) is 15.1. The predicted octanol–water partition coefficient (Wildman–Crippen LogP) is 5.31. The van der Waals surface area contributed by atoms with Crippen molar-refractivity contribution in [2.45, 2.75) is 0 Å². The number of halogens is 2. The van der Waals surface area contributed by atoms with Crippen LogP contribution in [0.2, 0.25) is 5.02 Å². The maximum absolute atomic E-state index is 14.0. The Labute approximate surface area is 145 Å². The van der Waals surface area contributed by atoms with Crippen molar-refractivity contribution in [1.82, 2.24) is 9.97 Å². The van der Waals surface area contributed by atoms with E-state index in [4.69, 9.17) is 11.6 Å². The van der Waals surface area contributed by atoms with Gasteiger partial charge < -0.3 is 4.98 Å². The van der Waals surface area contributed by atoms with Crippen molar-refractivity contribution in [3.8, 4) is 10.4 Å². The van der Waals surface area contributed by atoms with Crippen LogP contribution in [0.1, 0.15) is 15.9 Å². The van der Waals surface area contributed by atoms with Gasteiger partial charge in [-0.2, -0.15) is 0 Å². The van der Waals surface area contributed by atoms with E-state index in [1.807, 2.05) is 23.6 Å². The maximum Gasteiger partial charge on any atom is 0.198 e. The van der Waals surface area contributed by atoms with Gasteiger partial charge in [-0.3, -0.25) is 4.79 Å². The topological polar surface area (TPSA) is 45.8 Å². The van der Waals surface area contributed by atoms with Crippen LogP contribution in [0.5, 0.6) is 0 Å². The van der Waals surface area contributed by atoms with Gasteiger partial charge in [-0.05, 0) is 35.7 Å². The number of pyridine rings is 1. The zero-order valence-corrected chi connectivity index (χ0v) is 13.8. The molecule has 4 aromatic rings. The van der Waals surface area contributed by atoms with Crippen molar-refractivity contribution < 1.29 is 9.18 Å². The molecule has 3 aromatic heterocycles. The molecule has 3 nitrogen and oxygen atoms in total. The molecule has 0 saturated heterocycles. The Balaban J connectivity index is 1.86. The average Bonchev–Trinajstić information content (AvgIpc) is 3.25. The van der Waals surface area contributed by atoms with Gasteiger partial charge in [0.2, 0.25) is 0 Å². The molecule has 0 bridgehead atoms. The minimum Gasteiger partial charge on any atom is -0.345 e. The highest BCUT2D eigenvalue weighted by Gasteiger charge is 2.19. The van der Waals surface area contributed by atoms with Crippen LogP contribution in [0.15, 0.2) is 54.2 Å². The van der Waals surface area contributed by atoms with Gasteiger partial charge in [-0.1, -0.05) is 17.7 Å². The number of hydrogen-bond acceptors (Lipinski definition) is 3. The Morgan fingerprint density at radius 1 is 1.21 bits per heavy atom. The molecule has 6 heteroatoms. The van der Waals surface area contributed by atoms with Crippen LogP contribution < -0.4 is 0 Å². The number of rotatable bonds is 3. The zero-order chi connectivity index (χ0) is 16.7. The number of carbonyl (C=O) groups excluding carboxylic acids is 1. The standard InChI is InChI=1S/C18H10ClFN2OS/c19-11-3-4-15(20)13(7-11)17(23)14-9-22-18-12(14)6-10(8-21-18)16-2-1-5-24-16/h1-9H,(H,21,22). The Kier molecular flexibility index (Phi) is 3.67. The molecule has 0 aliphatic rings. The van der Waals surface area contributed by atoms with Crippen molar-refractivity contribution in [1.29, 1.82) is 0 Å². The number of benzene rings is 1. The number of nitrogens with zero attached hydrogens (tertiary/aromatic N) is 1. The summed E-state index contributed by atoms with van der Waals surface area (Å²) in [5.74, 6) is -1.02. The summed E-state index contributed by atoms with van der Waals surface area (Å²) in [6, 6.07) is 9.78. The highest BCUT2D eigenvalue weighted by atomic mass is 35.5. The summed E-state index contributed by atoms with van der Waals surface area (Å²) in [4.78, 5) is 21.1. The number of fused-ring (bicyclic) bond motifs is 1.